The van der Waals surface area contributed by atoms with Crippen LogP contribution in [0.3, 0.4) is 0 Å². The van der Waals surface area contributed by atoms with Crippen LogP contribution in [-0.4, -0.2) is 48.6 Å². The molecule has 0 aliphatic heterocycles. The fourth-order valence-electron chi connectivity index (χ4n) is 1.90. The maximum absolute atomic E-state index is 12.1. The zero-order valence-electron chi connectivity index (χ0n) is 13.9. The molecule has 1 aromatic carbocycles. The quantitative estimate of drug-likeness (QED) is 0.815. The molecule has 0 saturated carbocycles. The van der Waals surface area contributed by atoms with E-state index in [1.807, 2.05) is 0 Å². The first-order valence-electron chi connectivity index (χ1n) is 7.34. The Labute approximate surface area is 137 Å². The second-order valence-electron chi connectivity index (χ2n) is 5.86. The normalized spacial score (nSPS) is 12.0. The molecule has 23 heavy (non-hydrogen) atoms. The van der Waals surface area contributed by atoms with Gasteiger partial charge in [-0.3, -0.25) is 4.79 Å². The lowest BCUT2D eigenvalue weighted by Gasteiger charge is -2.31. The van der Waals surface area contributed by atoms with Gasteiger partial charge in [-0.15, -0.1) is 0 Å². The topological polar surface area (TPSA) is 91.8 Å². The molecule has 1 N–H and O–H groups in total. The minimum atomic E-state index is -3.23. The van der Waals surface area contributed by atoms with Gasteiger partial charge in [-0.25, -0.2) is 13.2 Å². The molecule has 0 aliphatic carbocycles. The van der Waals surface area contributed by atoms with E-state index in [1.54, 1.807) is 19.1 Å². The molecule has 1 rings (SSSR count). The van der Waals surface area contributed by atoms with Crippen LogP contribution < -0.4 is 0 Å². The number of amides is 1. The van der Waals surface area contributed by atoms with Crippen LogP contribution in [-0.2, 0) is 25.8 Å². The number of carboxylic acids is 1. The lowest BCUT2D eigenvalue weighted by molar-refractivity contribution is -0.155. The van der Waals surface area contributed by atoms with Gasteiger partial charge >= 0.3 is 5.97 Å². The lowest BCUT2D eigenvalue weighted by Crippen LogP contribution is -2.50. The molecule has 1 aromatic rings. The van der Waals surface area contributed by atoms with E-state index in [4.69, 9.17) is 5.11 Å². The number of carbonyl (C=O) groups is 2. The van der Waals surface area contributed by atoms with Crippen molar-refractivity contribution < 1.29 is 23.1 Å². The summed E-state index contributed by atoms with van der Waals surface area (Å²) in [5, 5.41) is 9.13. The van der Waals surface area contributed by atoms with Crippen molar-refractivity contribution >= 4 is 21.7 Å². The number of carboxylic acid groups (broad SMARTS) is 1. The molecule has 0 aliphatic rings. The Morgan fingerprint density at radius 1 is 1.17 bits per heavy atom. The van der Waals surface area contributed by atoms with Crippen molar-refractivity contribution in [3.8, 4) is 0 Å². The second kappa shape index (κ2) is 7.12. The van der Waals surface area contributed by atoms with Crippen molar-refractivity contribution in [1.29, 1.82) is 0 Å². The van der Waals surface area contributed by atoms with Gasteiger partial charge in [0.25, 0.3) is 0 Å². The highest BCUT2D eigenvalue weighted by Crippen LogP contribution is 2.16. The number of likely N-dealkylation sites (N-methyl/N-ethyl adjacent to an activating group) is 1. The Kier molecular flexibility index (Phi) is 5.93. The van der Waals surface area contributed by atoms with Crippen LogP contribution in [0.4, 0.5) is 0 Å². The summed E-state index contributed by atoms with van der Waals surface area (Å²) < 4.78 is 23.5. The Morgan fingerprint density at radius 2 is 1.70 bits per heavy atom. The number of aliphatic carboxylic acids is 1. The Morgan fingerprint density at radius 3 is 2.13 bits per heavy atom. The first-order chi connectivity index (χ1) is 10.5. The summed E-state index contributed by atoms with van der Waals surface area (Å²) in [5.41, 5.74) is -0.439. The van der Waals surface area contributed by atoms with Crippen LogP contribution >= 0.6 is 0 Å². The zero-order chi connectivity index (χ0) is 17.8. The summed E-state index contributed by atoms with van der Waals surface area (Å²) >= 11 is 0. The molecule has 0 spiro atoms. The number of aryl methyl sites for hydroxylation is 1. The molecule has 0 bridgehead atoms. The van der Waals surface area contributed by atoms with Crippen LogP contribution in [0, 0.1) is 0 Å². The number of carbonyl (C=O) groups excluding carboxylic acids is 1. The van der Waals surface area contributed by atoms with Gasteiger partial charge in [-0.05, 0) is 38.0 Å². The summed E-state index contributed by atoms with van der Waals surface area (Å²) in [6.45, 7) is 4.53. The average molecular weight is 341 g/mol. The zero-order valence-corrected chi connectivity index (χ0v) is 14.7. The van der Waals surface area contributed by atoms with E-state index in [-0.39, 0.29) is 23.0 Å². The molecule has 7 heteroatoms. The van der Waals surface area contributed by atoms with E-state index >= 15 is 0 Å². The van der Waals surface area contributed by atoms with Gasteiger partial charge in [0.1, 0.15) is 5.54 Å². The first kappa shape index (κ1) is 19.2. The molecule has 6 nitrogen and oxygen atoms in total. The Bertz CT molecular complexity index is 677. The van der Waals surface area contributed by atoms with E-state index in [0.29, 0.717) is 6.42 Å². The van der Waals surface area contributed by atoms with Crippen molar-refractivity contribution in [1.82, 2.24) is 4.90 Å². The lowest BCUT2D eigenvalue weighted by atomic mass is 10.0. The fraction of sp³-hybridized carbons (Fsp3) is 0.500. The number of nitrogens with zero attached hydrogens (tertiary/aromatic N) is 1. The van der Waals surface area contributed by atoms with E-state index < -0.39 is 21.3 Å². The van der Waals surface area contributed by atoms with Crippen LogP contribution in [0.25, 0.3) is 0 Å². The minimum absolute atomic E-state index is 0.0416. The fourth-order valence-corrected chi connectivity index (χ4v) is 2.79. The maximum Gasteiger partial charge on any atom is 0.329 e. The van der Waals surface area contributed by atoms with Crippen molar-refractivity contribution in [3.63, 3.8) is 0 Å². The first-order valence-corrected chi connectivity index (χ1v) is 8.99. The number of hydrogen-bond acceptors (Lipinski definition) is 4. The number of benzene rings is 1. The van der Waals surface area contributed by atoms with Crippen LogP contribution in [0.1, 0.15) is 32.8 Å². The molecule has 0 heterocycles. The largest absolute Gasteiger partial charge is 0.480 e. The number of hydrogen-bond donors (Lipinski definition) is 1. The van der Waals surface area contributed by atoms with Crippen molar-refractivity contribution in [3.05, 3.63) is 29.8 Å². The summed E-state index contributed by atoms with van der Waals surface area (Å²) in [4.78, 5) is 24.7. The highest BCUT2D eigenvalue weighted by molar-refractivity contribution is 7.91. The highest BCUT2D eigenvalue weighted by Gasteiger charge is 2.34. The van der Waals surface area contributed by atoms with Gasteiger partial charge in [-0.2, -0.15) is 0 Å². The smallest absolute Gasteiger partial charge is 0.329 e. The summed E-state index contributed by atoms with van der Waals surface area (Å²) in [6, 6.07) is 6.42. The molecule has 0 radical (unpaired) electrons. The maximum atomic E-state index is 12.1. The van der Waals surface area contributed by atoms with Gasteiger partial charge in [-0.1, -0.05) is 19.1 Å². The summed E-state index contributed by atoms with van der Waals surface area (Å²) in [6.07, 6.45) is 0.582. The molecule has 128 valence electrons. The third-order valence-corrected chi connectivity index (χ3v) is 5.78. The van der Waals surface area contributed by atoms with Crippen LogP contribution in [0.2, 0.25) is 0 Å². The standard InChI is InChI=1S/C16H23NO5S/c1-5-23(21,22)13-9-6-12(7-10-13)8-11-14(18)17(4)16(2,3)15(19)20/h6-7,9-10H,5,8,11H2,1-4H3,(H,19,20). The van der Waals surface area contributed by atoms with Crippen molar-refractivity contribution in [2.24, 2.45) is 0 Å². The molecule has 0 unspecified atom stereocenters. The molecular weight excluding hydrogens is 318 g/mol. The van der Waals surface area contributed by atoms with Gasteiger partial charge < -0.3 is 10.0 Å². The van der Waals surface area contributed by atoms with E-state index in [0.717, 1.165) is 5.56 Å². The molecule has 0 aromatic heterocycles. The molecule has 0 atom stereocenters. The van der Waals surface area contributed by atoms with Crippen LogP contribution in [0.5, 0.6) is 0 Å². The second-order valence-corrected chi connectivity index (χ2v) is 8.14. The third kappa shape index (κ3) is 4.54. The monoisotopic (exact) mass is 341 g/mol. The summed E-state index contributed by atoms with van der Waals surface area (Å²) in [7, 11) is -1.76. The van der Waals surface area contributed by atoms with E-state index in [2.05, 4.69) is 0 Å². The molecular formula is C16H23NO5S. The number of rotatable bonds is 7. The van der Waals surface area contributed by atoms with Crippen LogP contribution in [0.15, 0.2) is 29.2 Å². The highest BCUT2D eigenvalue weighted by atomic mass is 32.2. The van der Waals surface area contributed by atoms with Crippen molar-refractivity contribution in [2.45, 2.75) is 44.0 Å². The molecule has 0 saturated heterocycles. The van der Waals surface area contributed by atoms with E-state index in [1.165, 1.54) is 37.9 Å². The minimum Gasteiger partial charge on any atom is -0.480 e. The predicted octanol–water partition coefficient (Wildman–Crippen LogP) is 1.73. The average Bonchev–Trinajstić information content (AvgIpc) is 2.51. The van der Waals surface area contributed by atoms with Gasteiger partial charge in [0.05, 0.1) is 10.6 Å². The predicted molar refractivity (Wildman–Crippen MR) is 87.0 cm³/mol. The molecule has 0 fully saturated rings. The third-order valence-electron chi connectivity index (χ3n) is 4.03. The Balaban J connectivity index is 2.72. The number of sulfone groups is 1. The van der Waals surface area contributed by atoms with Gasteiger partial charge in [0.15, 0.2) is 9.84 Å². The molecule has 1 amide bonds. The SMILES string of the molecule is CCS(=O)(=O)c1ccc(CCC(=O)N(C)C(C)(C)C(=O)O)cc1. The van der Waals surface area contributed by atoms with E-state index in [9.17, 15) is 18.0 Å². The van der Waals surface area contributed by atoms with Crippen molar-refractivity contribution in [2.75, 3.05) is 12.8 Å². The van der Waals surface area contributed by atoms with Gasteiger partial charge in [0, 0.05) is 13.5 Å². The summed E-state index contributed by atoms with van der Waals surface area (Å²) in [5.74, 6) is -1.30. The Hall–Kier alpha value is -1.89. The van der Waals surface area contributed by atoms with Gasteiger partial charge in [0.2, 0.25) is 5.91 Å².